The molecule has 0 bridgehead atoms. The third-order valence-electron chi connectivity index (χ3n) is 3.00. The van der Waals surface area contributed by atoms with Crippen molar-refractivity contribution in [3.63, 3.8) is 0 Å². The molecule has 0 unspecified atom stereocenters. The van der Waals surface area contributed by atoms with Crippen LogP contribution < -0.4 is 11.1 Å². The molecule has 112 valence electrons. The number of amides is 1. The van der Waals surface area contributed by atoms with Crippen LogP contribution in [0.15, 0.2) is 24.3 Å². The van der Waals surface area contributed by atoms with Crippen molar-refractivity contribution in [2.45, 2.75) is 13.0 Å². The first-order valence-electron chi connectivity index (χ1n) is 6.08. The highest BCUT2D eigenvalue weighted by atomic mass is 35.5. The van der Waals surface area contributed by atoms with Gasteiger partial charge in [0.25, 0.3) is 0 Å². The Bertz CT molecular complexity index is 560. The molecular weight excluding hydrogens is 302 g/mol. The van der Waals surface area contributed by atoms with Crippen LogP contribution in [0.25, 0.3) is 0 Å². The van der Waals surface area contributed by atoms with Crippen molar-refractivity contribution in [2.75, 3.05) is 24.2 Å². The molecule has 1 aliphatic heterocycles. The molecule has 0 aliphatic carbocycles. The van der Waals surface area contributed by atoms with E-state index in [9.17, 15) is 13.2 Å². The molecule has 3 N–H and O–H groups in total. The molecule has 1 amide bonds. The van der Waals surface area contributed by atoms with E-state index in [1.807, 2.05) is 12.1 Å². The van der Waals surface area contributed by atoms with E-state index >= 15 is 0 Å². The summed E-state index contributed by atoms with van der Waals surface area (Å²) in [6.07, 6.45) is 0.584. The minimum absolute atomic E-state index is 0. The Morgan fingerprint density at radius 1 is 1.30 bits per heavy atom. The molecule has 0 spiro atoms. The van der Waals surface area contributed by atoms with E-state index in [-0.39, 0.29) is 30.6 Å². The first-order chi connectivity index (χ1) is 9.01. The van der Waals surface area contributed by atoms with Crippen molar-refractivity contribution in [3.8, 4) is 0 Å². The number of rotatable bonds is 4. The number of nitrogens with zero attached hydrogens (tertiary/aromatic N) is 1. The van der Waals surface area contributed by atoms with Crippen molar-refractivity contribution in [3.05, 3.63) is 29.8 Å². The van der Waals surface area contributed by atoms with Gasteiger partial charge in [-0.15, -0.1) is 12.4 Å². The van der Waals surface area contributed by atoms with Gasteiger partial charge in [-0.25, -0.2) is 8.42 Å². The monoisotopic (exact) mass is 319 g/mol. The maximum absolute atomic E-state index is 11.8. The maximum atomic E-state index is 11.8. The summed E-state index contributed by atoms with van der Waals surface area (Å²) in [6.45, 7) is 0.739. The van der Waals surface area contributed by atoms with E-state index in [1.54, 1.807) is 12.1 Å². The van der Waals surface area contributed by atoms with Crippen LogP contribution in [0, 0.1) is 0 Å². The van der Waals surface area contributed by atoms with Crippen molar-refractivity contribution < 1.29 is 13.2 Å². The van der Waals surface area contributed by atoms with Gasteiger partial charge in [-0.05, 0) is 24.1 Å². The lowest BCUT2D eigenvalue weighted by Crippen LogP contribution is -2.34. The number of halogens is 1. The summed E-state index contributed by atoms with van der Waals surface area (Å²) in [5, 5.41) is 2.67. The smallest absolute Gasteiger partial charge is 0.239 e. The minimum atomic E-state index is -3.23. The Hall–Kier alpha value is -1.15. The molecule has 20 heavy (non-hydrogen) atoms. The van der Waals surface area contributed by atoms with Gasteiger partial charge in [-0.1, -0.05) is 12.1 Å². The number of benzene rings is 1. The average Bonchev–Trinajstić information content (AvgIpc) is 2.69. The quantitative estimate of drug-likeness (QED) is 0.847. The van der Waals surface area contributed by atoms with E-state index in [2.05, 4.69) is 5.32 Å². The van der Waals surface area contributed by atoms with Gasteiger partial charge in [0, 0.05) is 18.8 Å². The van der Waals surface area contributed by atoms with E-state index in [0.717, 1.165) is 5.56 Å². The zero-order valence-electron chi connectivity index (χ0n) is 10.9. The predicted octanol–water partition coefficient (Wildman–Crippen LogP) is 0.541. The van der Waals surface area contributed by atoms with Crippen molar-refractivity contribution in [1.82, 2.24) is 4.31 Å². The summed E-state index contributed by atoms with van der Waals surface area (Å²) in [5.41, 5.74) is 7.09. The van der Waals surface area contributed by atoms with Crippen LogP contribution in [0.1, 0.15) is 12.0 Å². The summed E-state index contributed by atoms with van der Waals surface area (Å²) in [4.78, 5) is 11.8. The van der Waals surface area contributed by atoms with Gasteiger partial charge in [-0.2, -0.15) is 4.31 Å². The van der Waals surface area contributed by atoms with Gasteiger partial charge in [0.1, 0.15) is 0 Å². The predicted molar refractivity (Wildman–Crippen MR) is 80.2 cm³/mol. The minimum Gasteiger partial charge on any atom is -0.326 e. The molecule has 6 nitrogen and oxygen atoms in total. The number of sulfonamides is 1. The molecule has 8 heteroatoms. The summed E-state index contributed by atoms with van der Waals surface area (Å²) < 4.78 is 24.3. The highest BCUT2D eigenvalue weighted by molar-refractivity contribution is 7.89. The zero-order chi connectivity index (χ0) is 13.9. The van der Waals surface area contributed by atoms with Crippen LogP contribution in [0.3, 0.4) is 0 Å². The number of anilines is 1. The molecule has 1 saturated heterocycles. The molecule has 0 atom stereocenters. The lowest BCUT2D eigenvalue weighted by molar-refractivity contribution is -0.116. The Labute approximate surface area is 124 Å². The van der Waals surface area contributed by atoms with E-state index in [4.69, 9.17) is 5.73 Å². The van der Waals surface area contributed by atoms with E-state index < -0.39 is 10.0 Å². The molecular formula is C12H18ClN3O3S. The molecule has 1 fully saturated rings. The first kappa shape index (κ1) is 16.9. The SMILES string of the molecule is Cl.NCc1ccc(NC(=O)CN2CCCS2(=O)=O)cc1. The van der Waals surface area contributed by atoms with Crippen LogP contribution >= 0.6 is 12.4 Å². The molecule has 0 radical (unpaired) electrons. The maximum Gasteiger partial charge on any atom is 0.239 e. The fourth-order valence-corrected chi connectivity index (χ4v) is 3.43. The second kappa shape index (κ2) is 7.03. The highest BCUT2D eigenvalue weighted by Gasteiger charge is 2.29. The molecule has 2 rings (SSSR count). The number of nitrogens with one attached hydrogen (secondary N) is 1. The van der Waals surface area contributed by atoms with Gasteiger partial charge in [-0.3, -0.25) is 4.79 Å². The Balaban J connectivity index is 0.00000200. The second-order valence-corrected chi connectivity index (χ2v) is 6.54. The van der Waals surface area contributed by atoms with E-state index in [0.29, 0.717) is 25.2 Å². The largest absolute Gasteiger partial charge is 0.326 e. The molecule has 1 aliphatic rings. The third kappa shape index (κ3) is 4.17. The third-order valence-corrected chi connectivity index (χ3v) is 4.90. The summed E-state index contributed by atoms with van der Waals surface area (Å²) in [7, 11) is -3.23. The molecule has 1 heterocycles. The summed E-state index contributed by atoms with van der Waals surface area (Å²) >= 11 is 0. The Morgan fingerprint density at radius 3 is 2.45 bits per heavy atom. The molecule has 1 aromatic carbocycles. The molecule has 0 aromatic heterocycles. The van der Waals surface area contributed by atoms with Crippen LogP contribution in [-0.4, -0.2) is 37.5 Å². The van der Waals surface area contributed by atoms with Crippen molar-refractivity contribution in [1.29, 1.82) is 0 Å². The molecule has 1 aromatic rings. The first-order valence-corrected chi connectivity index (χ1v) is 7.69. The summed E-state index contributed by atoms with van der Waals surface area (Å²) in [5.74, 6) is -0.197. The zero-order valence-corrected chi connectivity index (χ0v) is 12.5. The second-order valence-electron chi connectivity index (χ2n) is 4.45. The van der Waals surface area contributed by atoms with Gasteiger partial charge >= 0.3 is 0 Å². The van der Waals surface area contributed by atoms with Gasteiger partial charge in [0.2, 0.25) is 15.9 Å². The number of carbonyl (C=O) groups excluding carboxylic acids is 1. The van der Waals surface area contributed by atoms with Crippen molar-refractivity contribution >= 4 is 34.0 Å². The Kier molecular flexibility index (Phi) is 5.94. The fraction of sp³-hybridized carbons (Fsp3) is 0.417. The van der Waals surface area contributed by atoms with Crippen LogP contribution in [0.5, 0.6) is 0 Å². The summed E-state index contributed by atoms with van der Waals surface area (Å²) in [6, 6.07) is 7.14. The van der Waals surface area contributed by atoms with Crippen LogP contribution in [0.2, 0.25) is 0 Å². The Morgan fingerprint density at radius 2 is 1.95 bits per heavy atom. The lowest BCUT2D eigenvalue weighted by Gasteiger charge is -2.14. The standard InChI is InChI=1S/C12H17N3O3S.ClH/c13-8-10-2-4-11(5-3-10)14-12(16)9-15-6-1-7-19(15,17)18;/h2-5H,1,6-9,13H2,(H,14,16);1H. The number of hydrogen-bond donors (Lipinski definition) is 2. The van der Waals surface area contributed by atoms with Crippen LogP contribution in [-0.2, 0) is 21.4 Å². The molecule has 0 saturated carbocycles. The number of nitrogens with two attached hydrogens (primary N) is 1. The van der Waals surface area contributed by atoms with E-state index in [1.165, 1.54) is 4.31 Å². The van der Waals surface area contributed by atoms with Gasteiger partial charge < -0.3 is 11.1 Å². The highest BCUT2D eigenvalue weighted by Crippen LogP contribution is 2.14. The average molecular weight is 320 g/mol. The number of carbonyl (C=O) groups is 1. The number of hydrogen-bond acceptors (Lipinski definition) is 4. The fourth-order valence-electron chi connectivity index (χ4n) is 1.95. The topological polar surface area (TPSA) is 92.5 Å². The normalized spacial score (nSPS) is 17.4. The van der Waals surface area contributed by atoms with Gasteiger partial charge in [0.05, 0.1) is 12.3 Å². The van der Waals surface area contributed by atoms with Crippen molar-refractivity contribution in [2.24, 2.45) is 5.73 Å². The lowest BCUT2D eigenvalue weighted by atomic mass is 10.2. The van der Waals surface area contributed by atoms with Gasteiger partial charge in [0.15, 0.2) is 0 Å². The van der Waals surface area contributed by atoms with Crippen LogP contribution in [0.4, 0.5) is 5.69 Å².